The lowest BCUT2D eigenvalue weighted by Crippen LogP contribution is -2.30. The van der Waals surface area contributed by atoms with Gasteiger partial charge >= 0.3 is 0 Å². The molecule has 0 bridgehead atoms. The number of thiazole rings is 1. The van der Waals surface area contributed by atoms with E-state index >= 15 is 0 Å². The lowest BCUT2D eigenvalue weighted by atomic mass is 10.2. The molecule has 4 aromatic rings. The third-order valence-electron chi connectivity index (χ3n) is 5.73. The summed E-state index contributed by atoms with van der Waals surface area (Å²) in [5, 5.41) is 0.357. The molecule has 0 spiro atoms. The highest BCUT2D eigenvalue weighted by atomic mass is 32.2. The maximum absolute atomic E-state index is 14.3. The van der Waals surface area contributed by atoms with Crippen LogP contribution < -0.4 is 4.90 Å². The van der Waals surface area contributed by atoms with Crippen molar-refractivity contribution >= 4 is 42.6 Å². The van der Waals surface area contributed by atoms with Crippen LogP contribution in [0.4, 0.5) is 9.52 Å². The van der Waals surface area contributed by atoms with Crippen LogP contribution in [0.25, 0.3) is 10.2 Å². The summed E-state index contributed by atoms with van der Waals surface area (Å²) in [6.45, 7) is 1.23. The molecule has 1 amide bonds. The van der Waals surface area contributed by atoms with Gasteiger partial charge in [-0.3, -0.25) is 14.7 Å². The molecule has 0 unspecified atom stereocenters. The number of hydrogen-bond donors (Lipinski definition) is 0. The highest BCUT2D eigenvalue weighted by Crippen LogP contribution is 2.32. The Morgan fingerprint density at radius 1 is 1.03 bits per heavy atom. The van der Waals surface area contributed by atoms with Crippen LogP contribution in [0.5, 0.6) is 0 Å². The largest absolute Gasteiger partial charge is 0.279 e. The van der Waals surface area contributed by atoms with Crippen LogP contribution in [0.1, 0.15) is 28.8 Å². The Labute approximate surface area is 200 Å². The van der Waals surface area contributed by atoms with Crippen molar-refractivity contribution in [1.82, 2.24) is 14.3 Å². The fourth-order valence-electron chi connectivity index (χ4n) is 3.92. The first-order valence-electron chi connectivity index (χ1n) is 10.8. The molecule has 1 aliphatic rings. The third kappa shape index (κ3) is 4.31. The van der Waals surface area contributed by atoms with E-state index in [0.29, 0.717) is 28.5 Å². The second-order valence-corrected chi connectivity index (χ2v) is 10.9. The predicted octanol–water partition coefficient (Wildman–Crippen LogP) is 4.46. The summed E-state index contributed by atoms with van der Waals surface area (Å²) in [5.74, 6) is -0.811. The lowest BCUT2D eigenvalue weighted by Gasteiger charge is -2.20. The number of para-hydroxylation sites is 1. The van der Waals surface area contributed by atoms with E-state index in [1.54, 1.807) is 36.7 Å². The zero-order valence-corrected chi connectivity index (χ0v) is 19.7. The number of rotatable bonds is 6. The van der Waals surface area contributed by atoms with Crippen molar-refractivity contribution in [2.45, 2.75) is 24.3 Å². The van der Waals surface area contributed by atoms with Gasteiger partial charge in [0.05, 0.1) is 16.1 Å². The first kappa shape index (κ1) is 22.6. The summed E-state index contributed by atoms with van der Waals surface area (Å²) in [5.41, 5.74) is 1.35. The van der Waals surface area contributed by atoms with Gasteiger partial charge in [0, 0.05) is 31.0 Å². The van der Waals surface area contributed by atoms with E-state index in [1.807, 2.05) is 0 Å². The summed E-state index contributed by atoms with van der Waals surface area (Å²) in [6, 6.07) is 14.2. The van der Waals surface area contributed by atoms with Gasteiger partial charge in [0.25, 0.3) is 5.91 Å². The quantitative estimate of drug-likeness (QED) is 0.394. The fourth-order valence-corrected chi connectivity index (χ4v) is 6.41. The number of halogens is 1. The summed E-state index contributed by atoms with van der Waals surface area (Å²) < 4.78 is 42.0. The number of fused-ring (bicyclic) bond motifs is 1. The average molecular weight is 497 g/mol. The van der Waals surface area contributed by atoms with Crippen molar-refractivity contribution in [2.75, 3.05) is 18.0 Å². The molecule has 0 N–H and O–H groups in total. The smallest absolute Gasteiger partial charge is 0.260 e. The Bertz CT molecular complexity index is 1430. The Morgan fingerprint density at radius 3 is 2.41 bits per heavy atom. The fraction of sp³-hybridized carbons (Fsp3) is 0.208. The van der Waals surface area contributed by atoms with Gasteiger partial charge in [-0.05, 0) is 66.9 Å². The van der Waals surface area contributed by atoms with Gasteiger partial charge in [-0.1, -0.05) is 17.4 Å². The van der Waals surface area contributed by atoms with Crippen molar-refractivity contribution in [2.24, 2.45) is 0 Å². The van der Waals surface area contributed by atoms with Crippen LogP contribution >= 0.6 is 11.3 Å². The van der Waals surface area contributed by atoms with E-state index < -0.39 is 15.8 Å². The van der Waals surface area contributed by atoms with Crippen molar-refractivity contribution in [3.8, 4) is 0 Å². The predicted molar refractivity (Wildman–Crippen MR) is 129 cm³/mol. The van der Waals surface area contributed by atoms with Crippen molar-refractivity contribution < 1.29 is 17.6 Å². The number of anilines is 1. The Morgan fingerprint density at radius 2 is 1.74 bits per heavy atom. The topological polar surface area (TPSA) is 83.5 Å². The zero-order chi connectivity index (χ0) is 23.7. The number of sulfonamides is 1. The number of aromatic nitrogens is 2. The van der Waals surface area contributed by atoms with E-state index in [2.05, 4.69) is 9.97 Å². The number of carbonyl (C=O) groups excluding carboxylic acids is 1. The SMILES string of the molecule is O=C(c1ccc(S(=O)(=O)N2CCCC2)cc1)N(Cc1ccncc1)c1nc2c(F)cccc2s1. The van der Waals surface area contributed by atoms with Gasteiger partial charge in [0.15, 0.2) is 5.13 Å². The third-order valence-corrected chi connectivity index (χ3v) is 8.69. The normalized spacial score (nSPS) is 14.5. The highest BCUT2D eigenvalue weighted by Gasteiger charge is 2.28. The van der Waals surface area contributed by atoms with E-state index in [9.17, 15) is 17.6 Å². The molecule has 2 aromatic carbocycles. The molecular formula is C24H21FN4O3S2. The van der Waals surface area contributed by atoms with Gasteiger partial charge in [-0.2, -0.15) is 4.31 Å². The Kier molecular flexibility index (Phi) is 6.11. The minimum Gasteiger partial charge on any atom is -0.279 e. The molecule has 1 saturated heterocycles. The highest BCUT2D eigenvalue weighted by molar-refractivity contribution is 7.89. The molecule has 5 rings (SSSR count). The average Bonchev–Trinajstić information content (AvgIpc) is 3.54. The number of nitrogens with zero attached hydrogens (tertiary/aromatic N) is 4. The summed E-state index contributed by atoms with van der Waals surface area (Å²) in [6.07, 6.45) is 4.97. The number of carbonyl (C=O) groups is 1. The first-order chi connectivity index (χ1) is 16.4. The van der Waals surface area contributed by atoms with Gasteiger partial charge in [0.1, 0.15) is 11.3 Å². The molecule has 0 radical (unpaired) electrons. The number of amides is 1. The first-order valence-corrected chi connectivity index (χ1v) is 13.1. The standard InChI is InChI=1S/C24H21FN4O3S2/c25-20-4-3-5-21-22(20)27-24(33-21)29(16-17-10-12-26-13-11-17)23(30)18-6-8-19(9-7-18)34(31,32)28-14-1-2-15-28/h3-13H,1-2,14-16H2. The maximum Gasteiger partial charge on any atom is 0.260 e. The number of hydrogen-bond acceptors (Lipinski definition) is 6. The van der Waals surface area contributed by atoms with Crippen LogP contribution in [0.15, 0.2) is 71.9 Å². The Balaban J connectivity index is 1.49. The van der Waals surface area contributed by atoms with E-state index in [0.717, 1.165) is 18.4 Å². The van der Waals surface area contributed by atoms with Crippen LogP contribution in [0.2, 0.25) is 0 Å². The molecule has 1 fully saturated rings. The monoisotopic (exact) mass is 496 g/mol. The molecule has 10 heteroatoms. The second kappa shape index (κ2) is 9.21. The van der Waals surface area contributed by atoms with E-state index in [-0.39, 0.29) is 22.9 Å². The summed E-state index contributed by atoms with van der Waals surface area (Å²) in [7, 11) is -3.57. The van der Waals surface area contributed by atoms with Crippen LogP contribution in [0.3, 0.4) is 0 Å². The number of benzene rings is 2. The van der Waals surface area contributed by atoms with Crippen LogP contribution in [-0.4, -0.2) is 41.7 Å². The molecule has 3 heterocycles. The van der Waals surface area contributed by atoms with Gasteiger partial charge in [-0.25, -0.2) is 17.8 Å². The van der Waals surface area contributed by atoms with E-state index in [1.165, 1.54) is 50.9 Å². The molecule has 0 saturated carbocycles. The van der Waals surface area contributed by atoms with Gasteiger partial charge < -0.3 is 0 Å². The molecule has 34 heavy (non-hydrogen) atoms. The molecule has 174 valence electrons. The van der Waals surface area contributed by atoms with Gasteiger partial charge in [0.2, 0.25) is 10.0 Å². The molecule has 0 aliphatic carbocycles. The molecular weight excluding hydrogens is 475 g/mol. The Hall–Kier alpha value is -3.21. The molecule has 2 aromatic heterocycles. The number of pyridine rings is 1. The maximum atomic E-state index is 14.3. The molecule has 0 atom stereocenters. The lowest BCUT2D eigenvalue weighted by molar-refractivity contribution is 0.0985. The molecule has 7 nitrogen and oxygen atoms in total. The van der Waals surface area contributed by atoms with Crippen molar-refractivity contribution in [1.29, 1.82) is 0 Å². The van der Waals surface area contributed by atoms with Crippen LogP contribution in [0, 0.1) is 5.82 Å². The van der Waals surface area contributed by atoms with Gasteiger partial charge in [-0.15, -0.1) is 0 Å². The molecule has 1 aliphatic heterocycles. The summed E-state index contributed by atoms with van der Waals surface area (Å²) in [4.78, 5) is 23.6. The van der Waals surface area contributed by atoms with E-state index in [4.69, 9.17) is 0 Å². The van der Waals surface area contributed by atoms with Crippen molar-refractivity contribution in [3.63, 3.8) is 0 Å². The minimum absolute atomic E-state index is 0.161. The summed E-state index contributed by atoms with van der Waals surface area (Å²) >= 11 is 1.22. The van der Waals surface area contributed by atoms with Crippen LogP contribution in [-0.2, 0) is 16.6 Å². The minimum atomic E-state index is -3.57. The van der Waals surface area contributed by atoms with Crippen molar-refractivity contribution in [3.05, 3.63) is 83.9 Å². The second-order valence-electron chi connectivity index (χ2n) is 7.97. The zero-order valence-electron chi connectivity index (χ0n) is 18.1.